The van der Waals surface area contributed by atoms with Gasteiger partial charge in [-0.05, 0) is 53.6 Å². The molecule has 1 fully saturated rings. The Morgan fingerprint density at radius 3 is 2.27 bits per heavy atom. The van der Waals surface area contributed by atoms with E-state index < -0.39 is 0 Å². The Balaban J connectivity index is 2.27. The van der Waals surface area contributed by atoms with E-state index in [-0.39, 0.29) is 5.60 Å². The van der Waals surface area contributed by atoms with Crippen LogP contribution in [0.2, 0.25) is 0 Å². The summed E-state index contributed by atoms with van der Waals surface area (Å²) in [5.74, 6) is 0. The zero-order valence-corrected chi connectivity index (χ0v) is 11.1. The van der Waals surface area contributed by atoms with Crippen LogP contribution in [-0.2, 0) is 4.74 Å². The molecule has 0 aromatic carbocycles. The van der Waals surface area contributed by atoms with Crippen LogP contribution in [0.25, 0.3) is 0 Å². The molecule has 0 unspecified atom stereocenters. The lowest BCUT2D eigenvalue weighted by molar-refractivity contribution is -0.0327. The van der Waals surface area contributed by atoms with Crippen molar-refractivity contribution >= 4 is 0 Å². The molecular formula is C13H27NO. The molecule has 1 aliphatic rings. The van der Waals surface area contributed by atoms with Gasteiger partial charge in [-0.3, -0.25) is 0 Å². The van der Waals surface area contributed by atoms with Crippen LogP contribution < -0.4 is 0 Å². The highest BCUT2D eigenvalue weighted by molar-refractivity contribution is 4.95. The molecule has 90 valence electrons. The molecule has 2 heteroatoms. The molecule has 0 radical (unpaired) electrons. The number of hydrogen-bond acceptors (Lipinski definition) is 2. The van der Waals surface area contributed by atoms with Crippen molar-refractivity contribution in [3.8, 4) is 0 Å². The molecule has 0 amide bonds. The Bertz CT molecular complexity index is 191. The van der Waals surface area contributed by atoms with E-state index >= 15 is 0 Å². The van der Waals surface area contributed by atoms with Crippen LogP contribution in [0, 0.1) is 5.41 Å². The quantitative estimate of drug-likeness (QED) is 0.672. The van der Waals surface area contributed by atoms with Crippen molar-refractivity contribution in [1.82, 2.24) is 4.90 Å². The Hall–Kier alpha value is -0.0800. The van der Waals surface area contributed by atoms with Crippen molar-refractivity contribution in [2.45, 2.75) is 52.6 Å². The molecule has 1 aliphatic carbocycles. The minimum absolute atomic E-state index is 0.0128. The molecule has 1 rings (SSSR count). The Kier molecular flexibility index (Phi) is 4.19. The van der Waals surface area contributed by atoms with Crippen LogP contribution in [0.1, 0.15) is 47.0 Å². The van der Waals surface area contributed by atoms with Gasteiger partial charge in [0.1, 0.15) is 0 Å². The van der Waals surface area contributed by atoms with E-state index in [2.05, 4.69) is 39.6 Å². The molecule has 2 nitrogen and oxygen atoms in total. The zero-order chi connectivity index (χ0) is 11.5. The second-order valence-corrected chi connectivity index (χ2v) is 6.14. The first-order valence-electron chi connectivity index (χ1n) is 6.19. The number of ether oxygens (including phenoxy) is 1. The van der Waals surface area contributed by atoms with E-state index in [1.807, 2.05) is 0 Å². The predicted molar refractivity (Wildman–Crippen MR) is 65.2 cm³/mol. The highest BCUT2D eigenvalue weighted by Crippen LogP contribution is 2.46. The van der Waals surface area contributed by atoms with Gasteiger partial charge in [0, 0.05) is 12.0 Å². The molecule has 0 aromatic rings. The first-order valence-corrected chi connectivity index (χ1v) is 6.19. The second kappa shape index (κ2) is 4.84. The molecule has 0 N–H and O–H groups in total. The summed E-state index contributed by atoms with van der Waals surface area (Å²) >= 11 is 0. The van der Waals surface area contributed by atoms with E-state index in [0.29, 0.717) is 5.41 Å². The van der Waals surface area contributed by atoms with Crippen molar-refractivity contribution in [3.63, 3.8) is 0 Å². The van der Waals surface area contributed by atoms with Gasteiger partial charge in [-0.1, -0.05) is 6.92 Å². The van der Waals surface area contributed by atoms with Gasteiger partial charge >= 0.3 is 0 Å². The summed E-state index contributed by atoms with van der Waals surface area (Å²) in [6.45, 7) is 12.0. The summed E-state index contributed by atoms with van der Waals surface area (Å²) in [7, 11) is 2.22. The summed E-state index contributed by atoms with van der Waals surface area (Å²) in [4.78, 5) is 2.44. The highest BCUT2D eigenvalue weighted by Gasteiger charge is 2.44. The van der Waals surface area contributed by atoms with Crippen LogP contribution in [0.5, 0.6) is 0 Å². The van der Waals surface area contributed by atoms with E-state index in [4.69, 9.17) is 4.74 Å². The fourth-order valence-electron chi connectivity index (χ4n) is 1.93. The molecule has 0 atom stereocenters. The van der Waals surface area contributed by atoms with E-state index in [0.717, 1.165) is 6.61 Å². The molecule has 0 heterocycles. The summed E-state index contributed by atoms with van der Waals surface area (Å²) in [6, 6.07) is 0. The van der Waals surface area contributed by atoms with E-state index in [9.17, 15) is 0 Å². The standard InChI is InChI=1S/C13H27NO/c1-6-9-14(5)10-13(7-8-13)11-15-12(2,3)4/h6-11H2,1-5H3. The van der Waals surface area contributed by atoms with Gasteiger partial charge in [-0.2, -0.15) is 0 Å². The summed E-state index contributed by atoms with van der Waals surface area (Å²) in [5, 5.41) is 0. The van der Waals surface area contributed by atoms with Crippen molar-refractivity contribution in [2.24, 2.45) is 5.41 Å². The smallest absolute Gasteiger partial charge is 0.0598 e. The summed E-state index contributed by atoms with van der Waals surface area (Å²) < 4.78 is 5.91. The third-order valence-corrected chi connectivity index (χ3v) is 2.98. The number of rotatable bonds is 6. The lowest BCUT2D eigenvalue weighted by Crippen LogP contribution is -2.33. The van der Waals surface area contributed by atoms with Crippen LogP contribution in [0.3, 0.4) is 0 Å². The lowest BCUT2D eigenvalue weighted by Gasteiger charge is -2.27. The van der Waals surface area contributed by atoms with Gasteiger partial charge in [0.2, 0.25) is 0 Å². The first-order chi connectivity index (χ1) is 6.87. The van der Waals surface area contributed by atoms with Gasteiger partial charge in [0.25, 0.3) is 0 Å². The van der Waals surface area contributed by atoms with Gasteiger partial charge in [-0.15, -0.1) is 0 Å². The molecule has 15 heavy (non-hydrogen) atoms. The molecule has 0 bridgehead atoms. The van der Waals surface area contributed by atoms with Crippen LogP contribution >= 0.6 is 0 Å². The molecular weight excluding hydrogens is 186 g/mol. The minimum Gasteiger partial charge on any atom is -0.375 e. The SMILES string of the molecule is CCCN(C)CC1(COC(C)(C)C)CC1. The molecule has 0 saturated heterocycles. The third-order valence-electron chi connectivity index (χ3n) is 2.98. The number of hydrogen-bond donors (Lipinski definition) is 0. The Morgan fingerprint density at radius 2 is 1.87 bits per heavy atom. The van der Waals surface area contributed by atoms with E-state index in [1.165, 1.54) is 32.4 Å². The largest absolute Gasteiger partial charge is 0.375 e. The van der Waals surface area contributed by atoms with Crippen molar-refractivity contribution in [3.05, 3.63) is 0 Å². The normalized spacial score (nSPS) is 19.6. The monoisotopic (exact) mass is 213 g/mol. The number of nitrogens with zero attached hydrogens (tertiary/aromatic N) is 1. The molecule has 0 aromatic heterocycles. The van der Waals surface area contributed by atoms with Crippen LogP contribution in [-0.4, -0.2) is 37.2 Å². The molecule has 1 saturated carbocycles. The Labute approximate surface area is 95.0 Å². The highest BCUT2D eigenvalue weighted by atomic mass is 16.5. The van der Waals surface area contributed by atoms with Crippen molar-refractivity contribution in [1.29, 1.82) is 0 Å². The molecule has 0 spiro atoms. The average molecular weight is 213 g/mol. The Morgan fingerprint density at radius 1 is 1.27 bits per heavy atom. The van der Waals surface area contributed by atoms with Crippen molar-refractivity contribution < 1.29 is 4.74 Å². The van der Waals surface area contributed by atoms with Crippen LogP contribution in [0.15, 0.2) is 0 Å². The maximum absolute atomic E-state index is 5.91. The fraction of sp³-hybridized carbons (Fsp3) is 1.00. The molecule has 0 aliphatic heterocycles. The maximum atomic E-state index is 5.91. The maximum Gasteiger partial charge on any atom is 0.0598 e. The fourth-order valence-corrected chi connectivity index (χ4v) is 1.93. The predicted octanol–water partition coefficient (Wildman–Crippen LogP) is 2.92. The van der Waals surface area contributed by atoms with Gasteiger partial charge < -0.3 is 9.64 Å². The van der Waals surface area contributed by atoms with Gasteiger partial charge in [0.15, 0.2) is 0 Å². The topological polar surface area (TPSA) is 12.5 Å². The van der Waals surface area contributed by atoms with Gasteiger partial charge in [0.05, 0.1) is 12.2 Å². The minimum atomic E-state index is 0.0128. The second-order valence-electron chi connectivity index (χ2n) is 6.14. The zero-order valence-electron chi connectivity index (χ0n) is 11.1. The summed E-state index contributed by atoms with van der Waals surface area (Å²) in [5.41, 5.74) is 0.496. The lowest BCUT2D eigenvalue weighted by atomic mass is 10.1. The van der Waals surface area contributed by atoms with Crippen LogP contribution in [0.4, 0.5) is 0 Å². The van der Waals surface area contributed by atoms with E-state index in [1.54, 1.807) is 0 Å². The summed E-state index contributed by atoms with van der Waals surface area (Å²) in [6.07, 6.45) is 3.93. The van der Waals surface area contributed by atoms with Crippen molar-refractivity contribution in [2.75, 3.05) is 26.7 Å². The average Bonchev–Trinajstić information content (AvgIpc) is 2.81. The van der Waals surface area contributed by atoms with Gasteiger partial charge in [-0.25, -0.2) is 0 Å². The third kappa shape index (κ3) is 4.98. The first kappa shape index (κ1) is 13.0.